The highest BCUT2D eigenvalue weighted by molar-refractivity contribution is 5.46. The molecule has 4 rings (SSSR count). The summed E-state index contributed by atoms with van der Waals surface area (Å²) >= 11 is 0. The molecule has 1 aliphatic heterocycles. The lowest BCUT2D eigenvalue weighted by Gasteiger charge is -2.47. The second kappa shape index (κ2) is 6.50. The summed E-state index contributed by atoms with van der Waals surface area (Å²) in [6.45, 7) is 6.77. The average Bonchev–Trinajstić information content (AvgIpc) is 3.03. The van der Waals surface area contributed by atoms with E-state index in [1.165, 1.54) is 17.5 Å². The van der Waals surface area contributed by atoms with Crippen molar-refractivity contribution in [1.82, 2.24) is 25.1 Å². The molecule has 134 valence electrons. The zero-order valence-electron chi connectivity index (χ0n) is 15.1. The molecule has 25 heavy (non-hydrogen) atoms. The SMILES string of the molecule is Cc1cccc(C)c1-n1nnnc1CN1CCC2(O)CCCCC2C1. The lowest BCUT2D eigenvalue weighted by atomic mass is 9.71. The maximum atomic E-state index is 10.9. The van der Waals surface area contributed by atoms with E-state index in [1.807, 2.05) is 4.68 Å². The Balaban J connectivity index is 1.54. The summed E-state index contributed by atoms with van der Waals surface area (Å²) in [5.41, 5.74) is 2.99. The Morgan fingerprint density at radius 3 is 2.80 bits per heavy atom. The molecule has 1 saturated carbocycles. The van der Waals surface area contributed by atoms with Crippen molar-refractivity contribution in [3.63, 3.8) is 0 Å². The summed E-state index contributed by atoms with van der Waals surface area (Å²) in [6, 6.07) is 6.25. The fourth-order valence-corrected chi connectivity index (χ4v) is 4.60. The predicted octanol–water partition coefficient (Wildman–Crippen LogP) is 2.41. The van der Waals surface area contributed by atoms with Crippen LogP contribution in [0.15, 0.2) is 18.2 Å². The number of likely N-dealkylation sites (tertiary alicyclic amines) is 1. The topological polar surface area (TPSA) is 67.1 Å². The van der Waals surface area contributed by atoms with Gasteiger partial charge in [0.2, 0.25) is 0 Å². The molecule has 6 nitrogen and oxygen atoms in total. The number of hydrogen-bond donors (Lipinski definition) is 1. The fraction of sp³-hybridized carbons (Fsp3) is 0.632. The van der Waals surface area contributed by atoms with Gasteiger partial charge < -0.3 is 5.11 Å². The van der Waals surface area contributed by atoms with Crippen molar-refractivity contribution >= 4 is 0 Å². The van der Waals surface area contributed by atoms with E-state index in [4.69, 9.17) is 0 Å². The van der Waals surface area contributed by atoms with Gasteiger partial charge in [-0.05, 0) is 54.7 Å². The number of piperidine rings is 1. The highest BCUT2D eigenvalue weighted by atomic mass is 16.3. The summed E-state index contributed by atoms with van der Waals surface area (Å²) in [5.74, 6) is 1.26. The zero-order valence-corrected chi connectivity index (χ0v) is 15.1. The third-order valence-corrected chi connectivity index (χ3v) is 6.06. The molecule has 0 amide bonds. The minimum atomic E-state index is -0.437. The van der Waals surface area contributed by atoms with E-state index < -0.39 is 5.60 Å². The van der Waals surface area contributed by atoms with Crippen molar-refractivity contribution in [2.24, 2.45) is 5.92 Å². The number of aryl methyl sites for hydroxylation is 2. The molecule has 1 aromatic carbocycles. The van der Waals surface area contributed by atoms with Gasteiger partial charge >= 0.3 is 0 Å². The molecule has 0 radical (unpaired) electrons. The van der Waals surface area contributed by atoms with Gasteiger partial charge in [-0.2, -0.15) is 4.68 Å². The van der Waals surface area contributed by atoms with Gasteiger partial charge in [-0.15, -0.1) is 5.10 Å². The molecule has 2 fully saturated rings. The third kappa shape index (κ3) is 3.09. The number of aliphatic hydroxyl groups is 1. The highest BCUT2D eigenvalue weighted by Crippen LogP contribution is 2.40. The Labute approximate surface area is 148 Å². The molecule has 2 aliphatic rings. The summed E-state index contributed by atoms with van der Waals surface area (Å²) in [6.07, 6.45) is 5.36. The number of rotatable bonds is 3. The zero-order chi connectivity index (χ0) is 17.4. The number of fused-ring (bicyclic) bond motifs is 1. The fourth-order valence-electron chi connectivity index (χ4n) is 4.60. The molecule has 6 heteroatoms. The summed E-state index contributed by atoms with van der Waals surface area (Å²) in [7, 11) is 0. The van der Waals surface area contributed by atoms with Gasteiger partial charge in [0.15, 0.2) is 5.82 Å². The quantitative estimate of drug-likeness (QED) is 0.928. The first-order chi connectivity index (χ1) is 12.1. The van der Waals surface area contributed by atoms with Crippen molar-refractivity contribution in [3.05, 3.63) is 35.2 Å². The Morgan fingerprint density at radius 2 is 2.00 bits per heavy atom. The first kappa shape index (κ1) is 16.7. The molecule has 1 saturated heterocycles. The van der Waals surface area contributed by atoms with Crippen molar-refractivity contribution < 1.29 is 5.11 Å². The monoisotopic (exact) mass is 341 g/mol. The second-order valence-electron chi connectivity index (χ2n) is 7.78. The minimum absolute atomic E-state index is 0.388. The molecule has 0 spiro atoms. The number of para-hydroxylation sites is 1. The van der Waals surface area contributed by atoms with Crippen LogP contribution in [-0.4, -0.2) is 48.9 Å². The minimum Gasteiger partial charge on any atom is -0.390 e. The highest BCUT2D eigenvalue weighted by Gasteiger charge is 2.42. The smallest absolute Gasteiger partial charge is 0.170 e. The average molecular weight is 341 g/mol. The maximum absolute atomic E-state index is 10.9. The van der Waals surface area contributed by atoms with Crippen molar-refractivity contribution in [2.75, 3.05) is 13.1 Å². The Hall–Kier alpha value is -1.79. The van der Waals surface area contributed by atoms with Crippen LogP contribution in [0.3, 0.4) is 0 Å². The van der Waals surface area contributed by atoms with Gasteiger partial charge in [0.05, 0.1) is 17.8 Å². The van der Waals surface area contributed by atoms with E-state index in [0.717, 1.165) is 56.8 Å². The van der Waals surface area contributed by atoms with Crippen LogP contribution < -0.4 is 0 Å². The van der Waals surface area contributed by atoms with Crippen LogP contribution in [0.5, 0.6) is 0 Å². The molecule has 1 N–H and O–H groups in total. The first-order valence-corrected chi connectivity index (χ1v) is 9.35. The van der Waals surface area contributed by atoms with Crippen LogP contribution in [-0.2, 0) is 6.54 Å². The molecule has 2 unspecified atom stereocenters. The molecule has 0 bridgehead atoms. The van der Waals surface area contributed by atoms with E-state index >= 15 is 0 Å². The third-order valence-electron chi connectivity index (χ3n) is 6.06. The summed E-state index contributed by atoms with van der Waals surface area (Å²) in [4.78, 5) is 2.40. The van der Waals surface area contributed by atoms with Crippen LogP contribution in [0.1, 0.15) is 49.1 Å². The van der Waals surface area contributed by atoms with Crippen LogP contribution in [0, 0.1) is 19.8 Å². The largest absolute Gasteiger partial charge is 0.390 e. The van der Waals surface area contributed by atoms with Gasteiger partial charge in [-0.1, -0.05) is 31.0 Å². The molecular formula is C19H27N5O. The van der Waals surface area contributed by atoms with Crippen molar-refractivity contribution in [1.29, 1.82) is 0 Å². The lowest BCUT2D eigenvalue weighted by molar-refractivity contribution is -0.0972. The van der Waals surface area contributed by atoms with Crippen molar-refractivity contribution in [2.45, 2.75) is 58.1 Å². The van der Waals surface area contributed by atoms with Crippen LogP contribution in [0.2, 0.25) is 0 Å². The number of benzene rings is 1. The normalized spacial score (nSPS) is 27.2. The van der Waals surface area contributed by atoms with Crippen LogP contribution in [0.25, 0.3) is 5.69 Å². The van der Waals surface area contributed by atoms with E-state index in [-0.39, 0.29) is 0 Å². The summed E-state index contributed by atoms with van der Waals surface area (Å²) < 4.78 is 1.88. The standard InChI is InChI=1S/C19H27N5O/c1-14-6-5-7-15(2)18(14)24-17(20-21-22-24)13-23-11-10-19(25)9-4-3-8-16(19)12-23/h5-7,16,25H,3-4,8-13H2,1-2H3. The van der Waals surface area contributed by atoms with Gasteiger partial charge in [0.1, 0.15) is 0 Å². The molecule has 2 atom stereocenters. The number of tetrazole rings is 1. The van der Waals surface area contributed by atoms with Gasteiger partial charge in [-0.25, -0.2) is 0 Å². The molecule has 2 aromatic rings. The first-order valence-electron chi connectivity index (χ1n) is 9.35. The Bertz CT molecular complexity index is 738. The molecule has 2 heterocycles. The number of nitrogens with zero attached hydrogens (tertiary/aromatic N) is 5. The van der Waals surface area contributed by atoms with Gasteiger partial charge in [0.25, 0.3) is 0 Å². The molecular weight excluding hydrogens is 314 g/mol. The molecule has 1 aromatic heterocycles. The van der Waals surface area contributed by atoms with E-state index in [1.54, 1.807) is 0 Å². The summed E-state index contributed by atoms with van der Waals surface area (Å²) in [5, 5.41) is 23.3. The van der Waals surface area contributed by atoms with Crippen LogP contribution in [0.4, 0.5) is 0 Å². The van der Waals surface area contributed by atoms with E-state index in [2.05, 4.69) is 52.5 Å². The Kier molecular flexibility index (Phi) is 4.33. The van der Waals surface area contributed by atoms with Crippen LogP contribution >= 0.6 is 0 Å². The second-order valence-corrected chi connectivity index (χ2v) is 7.78. The predicted molar refractivity (Wildman–Crippen MR) is 95.4 cm³/mol. The number of aromatic nitrogens is 4. The van der Waals surface area contributed by atoms with Crippen molar-refractivity contribution in [3.8, 4) is 5.69 Å². The number of hydrogen-bond acceptors (Lipinski definition) is 5. The maximum Gasteiger partial charge on any atom is 0.170 e. The molecule has 1 aliphatic carbocycles. The van der Waals surface area contributed by atoms with Gasteiger partial charge in [-0.3, -0.25) is 4.90 Å². The Morgan fingerprint density at radius 1 is 1.20 bits per heavy atom. The lowest BCUT2D eigenvalue weighted by Crippen LogP contribution is -2.53. The van der Waals surface area contributed by atoms with E-state index in [9.17, 15) is 5.11 Å². The van der Waals surface area contributed by atoms with E-state index in [0.29, 0.717) is 5.92 Å². The van der Waals surface area contributed by atoms with Gasteiger partial charge in [0, 0.05) is 19.0 Å².